The quantitative estimate of drug-likeness (QED) is 0.640. The lowest BCUT2D eigenvalue weighted by atomic mass is 10.0. The predicted molar refractivity (Wildman–Crippen MR) is 105 cm³/mol. The number of sulfonamides is 1. The monoisotopic (exact) mass is 397 g/mol. The van der Waals surface area contributed by atoms with E-state index in [-0.39, 0.29) is 17.3 Å². The molecule has 1 N–H and O–H groups in total. The molecule has 1 fully saturated rings. The van der Waals surface area contributed by atoms with E-state index in [0.29, 0.717) is 12.3 Å². The molecule has 1 aromatic carbocycles. The highest BCUT2D eigenvalue weighted by Crippen LogP contribution is 2.18. The first-order valence-electron chi connectivity index (χ1n) is 9.42. The Kier molecular flexibility index (Phi) is 8.07. The second-order valence-electron chi connectivity index (χ2n) is 7.19. The minimum Gasteiger partial charge on any atom is -0.497 e. The van der Waals surface area contributed by atoms with E-state index in [9.17, 15) is 13.2 Å². The van der Waals surface area contributed by atoms with E-state index < -0.39 is 10.0 Å². The number of hydrogen-bond acceptors (Lipinski definition) is 5. The standard InChI is InChI=1S/C19H31N3O4S/c1-16-6-4-12-22(14-16)13-5-11-20-19(23)15-21(2)27(24,25)18-9-7-17(26-3)8-10-18/h7-10,16H,4-6,11-15H2,1-3H3,(H,20,23)/t16-/m1/s1. The molecule has 8 heteroatoms. The number of rotatable bonds is 9. The number of nitrogens with one attached hydrogen (secondary N) is 1. The van der Waals surface area contributed by atoms with Gasteiger partial charge in [0.1, 0.15) is 5.75 Å². The highest BCUT2D eigenvalue weighted by molar-refractivity contribution is 7.89. The van der Waals surface area contributed by atoms with Gasteiger partial charge in [0.05, 0.1) is 18.6 Å². The van der Waals surface area contributed by atoms with Gasteiger partial charge in [-0.3, -0.25) is 4.79 Å². The fourth-order valence-corrected chi connectivity index (χ4v) is 4.42. The van der Waals surface area contributed by atoms with Crippen LogP contribution in [0.15, 0.2) is 29.2 Å². The first-order valence-corrected chi connectivity index (χ1v) is 10.9. The number of ether oxygens (including phenoxy) is 1. The molecule has 152 valence electrons. The van der Waals surface area contributed by atoms with Crippen molar-refractivity contribution in [1.82, 2.24) is 14.5 Å². The van der Waals surface area contributed by atoms with Crippen molar-refractivity contribution in [1.29, 1.82) is 0 Å². The number of nitrogens with zero attached hydrogens (tertiary/aromatic N) is 2. The Labute approximate surface area is 162 Å². The summed E-state index contributed by atoms with van der Waals surface area (Å²) in [4.78, 5) is 14.7. The first kappa shape index (κ1) is 21.7. The lowest BCUT2D eigenvalue weighted by molar-refractivity contribution is -0.121. The Bertz CT molecular complexity index is 706. The normalized spacial score (nSPS) is 18.4. The third-order valence-electron chi connectivity index (χ3n) is 4.85. The summed E-state index contributed by atoms with van der Waals surface area (Å²) >= 11 is 0. The maximum absolute atomic E-state index is 12.5. The fourth-order valence-electron chi connectivity index (χ4n) is 3.29. The van der Waals surface area contributed by atoms with Gasteiger partial charge in [-0.1, -0.05) is 6.92 Å². The second kappa shape index (κ2) is 10.1. The zero-order valence-corrected chi connectivity index (χ0v) is 17.3. The molecule has 1 aliphatic rings. The highest BCUT2D eigenvalue weighted by atomic mass is 32.2. The summed E-state index contributed by atoms with van der Waals surface area (Å²) < 4.78 is 31.2. The van der Waals surface area contributed by atoms with Gasteiger partial charge in [-0.2, -0.15) is 4.31 Å². The molecular weight excluding hydrogens is 366 g/mol. The van der Waals surface area contributed by atoms with Gasteiger partial charge in [0.15, 0.2) is 0 Å². The Morgan fingerprint density at radius 3 is 2.67 bits per heavy atom. The summed E-state index contributed by atoms with van der Waals surface area (Å²) in [5, 5.41) is 2.81. The number of amides is 1. The maximum Gasteiger partial charge on any atom is 0.243 e. The third-order valence-corrected chi connectivity index (χ3v) is 6.67. The molecule has 0 aromatic heterocycles. The summed E-state index contributed by atoms with van der Waals surface area (Å²) in [7, 11) is -0.774. The summed E-state index contributed by atoms with van der Waals surface area (Å²) in [6.45, 7) is 5.84. The molecule has 0 saturated carbocycles. The van der Waals surface area contributed by atoms with Crippen molar-refractivity contribution >= 4 is 15.9 Å². The molecule has 1 atom stereocenters. The Morgan fingerprint density at radius 1 is 1.33 bits per heavy atom. The van der Waals surface area contributed by atoms with Gasteiger partial charge >= 0.3 is 0 Å². The van der Waals surface area contributed by atoms with Crippen LogP contribution in [-0.4, -0.2) is 70.4 Å². The summed E-state index contributed by atoms with van der Waals surface area (Å²) in [5.41, 5.74) is 0. The molecule has 0 radical (unpaired) electrons. The van der Waals surface area contributed by atoms with E-state index in [0.717, 1.165) is 36.3 Å². The van der Waals surface area contributed by atoms with Crippen molar-refractivity contribution in [2.75, 3.05) is 46.9 Å². The van der Waals surface area contributed by atoms with Gasteiger partial charge in [-0.05, 0) is 62.5 Å². The van der Waals surface area contributed by atoms with Crippen molar-refractivity contribution in [2.45, 2.75) is 31.1 Å². The average Bonchev–Trinajstić information content (AvgIpc) is 2.65. The third kappa shape index (κ3) is 6.48. The Balaban J connectivity index is 1.75. The van der Waals surface area contributed by atoms with Crippen LogP contribution in [0.1, 0.15) is 26.2 Å². The number of benzene rings is 1. The number of carbonyl (C=O) groups is 1. The van der Waals surface area contributed by atoms with Gasteiger partial charge in [-0.25, -0.2) is 8.42 Å². The molecule has 0 bridgehead atoms. The Hall–Kier alpha value is -1.64. The van der Waals surface area contributed by atoms with Crippen LogP contribution in [-0.2, 0) is 14.8 Å². The van der Waals surface area contributed by atoms with E-state index in [2.05, 4.69) is 17.1 Å². The molecule has 1 amide bonds. The topological polar surface area (TPSA) is 79.0 Å². The van der Waals surface area contributed by atoms with Gasteiger partial charge in [0.25, 0.3) is 0 Å². The van der Waals surface area contributed by atoms with E-state index in [4.69, 9.17) is 4.74 Å². The van der Waals surface area contributed by atoms with Crippen molar-refractivity contribution < 1.29 is 17.9 Å². The van der Waals surface area contributed by atoms with Gasteiger partial charge in [0.2, 0.25) is 15.9 Å². The minimum atomic E-state index is -3.70. The number of hydrogen-bond donors (Lipinski definition) is 1. The average molecular weight is 398 g/mol. The molecule has 1 heterocycles. The molecule has 2 rings (SSSR count). The van der Waals surface area contributed by atoms with Crippen molar-refractivity contribution in [2.24, 2.45) is 5.92 Å². The van der Waals surface area contributed by atoms with Gasteiger partial charge in [0, 0.05) is 20.1 Å². The molecule has 0 spiro atoms. The molecule has 7 nitrogen and oxygen atoms in total. The van der Waals surface area contributed by atoms with Crippen LogP contribution in [0.3, 0.4) is 0 Å². The van der Waals surface area contributed by atoms with Gasteiger partial charge in [-0.15, -0.1) is 0 Å². The zero-order chi connectivity index (χ0) is 19.9. The van der Waals surface area contributed by atoms with Crippen molar-refractivity contribution in [3.63, 3.8) is 0 Å². The largest absolute Gasteiger partial charge is 0.497 e. The van der Waals surface area contributed by atoms with Crippen LogP contribution in [0.4, 0.5) is 0 Å². The lowest BCUT2D eigenvalue weighted by Gasteiger charge is -2.30. The Morgan fingerprint density at radius 2 is 2.04 bits per heavy atom. The predicted octanol–water partition coefficient (Wildman–Crippen LogP) is 1.55. The van der Waals surface area contributed by atoms with Crippen molar-refractivity contribution in [3.8, 4) is 5.75 Å². The molecular formula is C19H31N3O4S. The second-order valence-corrected chi connectivity index (χ2v) is 9.23. The number of likely N-dealkylation sites (N-methyl/N-ethyl adjacent to an activating group) is 1. The van der Waals surface area contributed by atoms with Crippen LogP contribution in [0.2, 0.25) is 0 Å². The van der Waals surface area contributed by atoms with Crippen LogP contribution in [0.5, 0.6) is 5.75 Å². The molecule has 1 saturated heterocycles. The highest BCUT2D eigenvalue weighted by Gasteiger charge is 2.23. The molecule has 0 unspecified atom stereocenters. The molecule has 27 heavy (non-hydrogen) atoms. The first-order chi connectivity index (χ1) is 12.8. The van der Waals surface area contributed by atoms with Crippen LogP contribution in [0.25, 0.3) is 0 Å². The number of methoxy groups -OCH3 is 1. The molecule has 1 aliphatic heterocycles. The van der Waals surface area contributed by atoms with Crippen LogP contribution < -0.4 is 10.1 Å². The number of piperidine rings is 1. The summed E-state index contributed by atoms with van der Waals surface area (Å²) in [6, 6.07) is 6.12. The lowest BCUT2D eigenvalue weighted by Crippen LogP contribution is -2.40. The van der Waals surface area contributed by atoms with Crippen LogP contribution in [0, 0.1) is 5.92 Å². The van der Waals surface area contributed by atoms with E-state index >= 15 is 0 Å². The smallest absolute Gasteiger partial charge is 0.243 e. The minimum absolute atomic E-state index is 0.137. The van der Waals surface area contributed by atoms with E-state index in [1.165, 1.54) is 39.1 Å². The molecule has 0 aliphatic carbocycles. The van der Waals surface area contributed by atoms with E-state index in [1.54, 1.807) is 12.1 Å². The number of likely N-dealkylation sites (tertiary alicyclic amines) is 1. The SMILES string of the molecule is COc1ccc(S(=O)(=O)N(C)CC(=O)NCCCN2CCC[C@@H](C)C2)cc1. The van der Waals surface area contributed by atoms with Crippen LogP contribution >= 0.6 is 0 Å². The zero-order valence-electron chi connectivity index (χ0n) is 16.5. The number of carbonyl (C=O) groups excluding carboxylic acids is 1. The molecule has 1 aromatic rings. The van der Waals surface area contributed by atoms with Gasteiger partial charge < -0.3 is 15.0 Å². The van der Waals surface area contributed by atoms with E-state index in [1.807, 2.05) is 0 Å². The van der Waals surface area contributed by atoms with Crippen molar-refractivity contribution in [3.05, 3.63) is 24.3 Å². The summed E-state index contributed by atoms with van der Waals surface area (Å²) in [6.07, 6.45) is 3.40. The maximum atomic E-state index is 12.5. The summed E-state index contributed by atoms with van der Waals surface area (Å²) in [5.74, 6) is 1.03. The fraction of sp³-hybridized carbons (Fsp3) is 0.632.